The van der Waals surface area contributed by atoms with Crippen molar-refractivity contribution in [1.82, 2.24) is 4.98 Å². The molecule has 0 spiro atoms. The SMILES string of the molecule is CCOc1ccccc1CNc1ccc(C)nc1. The highest BCUT2D eigenvalue weighted by atomic mass is 16.5. The van der Waals surface area contributed by atoms with E-state index in [1.165, 1.54) is 0 Å². The molecule has 3 nitrogen and oxygen atoms in total. The normalized spacial score (nSPS) is 10.1. The summed E-state index contributed by atoms with van der Waals surface area (Å²) in [7, 11) is 0. The van der Waals surface area contributed by atoms with Crippen molar-refractivity contribution in [3.05, 3.63) is 53.9 Å². The third-order valence-electron chi connectivity index (χ3n) is 2.67. The Morgan fingerprint density at radius 2 is 2.00 bits per heavy atom. The molecule has 0 saturated heterocycles. The molecular formula is C15H18N2O. The van der Waals surface area contributed by atoms with E-state index in [9.17, 15) is 0 Å². The van der Waals surface area contributed by atoms with Crippen molar-refractivity contribution in [3.8, 4) is 5.75 Å². The zero-order chi connectivity index (χ0) is 12.8. The molecule has 0 bridgehead atoms. The van der Waals surface area contributed by atoms with Gasteiger partial charge in [0.05, 0.1) is 18.5 Å². The van der Waals surface area contributed by atoms with Crippen LogP contribution in [0.2, 0.25) is 0 Å². The van der Waals surface area contributed by atoms with E-state index < -0.39 is 0 Å². The average Bonchev–Trinajstić information content (AvgIpc) is 2.40. The van der Waals surface area contributed by atoms with Gasteiger partial charge in [-0.2, -0.15) is 0 Å². The molecule has 2 rings (SSSR count). The summed E-state index contributed by atoms with van der Waals surface area (Å²) in [5.41, 5.74) is 3.20. The number of para-hydroxylation sites is 1. The lowest BCUT2D eigenvalue weighted by atomic mass is 10.2. The van der Waals surface area contributed by atoms with E-state index in [-0.39, 0.29) is 0 Å². The number of hydrogen-bond acceptors (Lipinski definition) is 3. The summed E-state index contributed by atoms with van der Waals surface area (Å²) < 4.78 is 5.59. The number of rotatable bonds is 5. The molecule has 0 aliphatic heterocycles. The summed E-state index contributed by atoms with van der Waals surface area (Å²) in [4.78, 5) is 4.26. The number of nitrogens with one attached hydrogen (secondary N) is 1. The second kappa shape index (κ2) is 6.05. The molecule has 0 atom stereocenters. The van der Waals surface area contributed by atoms with E-state index >= 15 is 0 Å². The largest absolute Gasteiger partial charge is 0.494 e. The summed E-state index contributed by atoms with van der Waals surface area (Å²) in [6.45, 7) is 5.40. The number of nitrogens with zero attached hydrogens (tertiary/aromatic N) is 1. The van der Waals surface area contributed by atoms with Crippen LogP contribution in [-0.4, -0.2) is 11.6 Å². The van der Waals surface area contributed by atoms with Gasteiger partial charge in [-0.05, 0) is 32.0 Å². The number of aryl methyl sites for hydroxylation is 1. The van der Waals surface area contributed by atoms with Crippen LogP contribution in [0.15, 0.2) is 42.6 Å². The lowest BCUT2D eigenvalue weighted by molar-refractivity contribution is 0.337. The van der Waals surface area contributed by atoms with E-state index in [1.807, 2.05) is 50.4 Å². The minimum absolute atomic E-state index is 0.684. The summed E-state index contributed by atoms with van der Waals surface area (Å²) in [5.74, 6) is 0.938. The summed E-state index contributed by atoms with van der Waals surface area (Å²) in [6, 6.07) is 12.1. The minimum Gasteiger partial charge on any atom is -0.494 e. The van der Waals surface area contributed by atoms with Gasteiger partial charge in [0.2, 0.25) is 0 Å². The van der Waals surface area contributed by atoms with Crippen LogP contribution < -0.4 is 10.1 Å². The lowest BCUT2D eigenvalue weighted by Crippen LogP contribution is -2.03. The molecule has 1 aromatic carbocycles. The van der Waals surface area contributed by atoms with Crippen molar-refractivity contribution >= 4 is 5.69 Å². The molecule has 94 valence electrons. The molecule has 1 aromatic heterocycles. The Hall–Kier alpha value is -2.03. The maximum atomic E-state index is 5.59. The molecule has 0 aliphatic carbocycles. The molecule has 2 aromatic rings. The highest BCUT2D eigenvalue weighted by molar-refractivity contribution is 5.43. The van der Waals surface area contributed by atoms with Gasteiger partial charge in [0.1, 0.15) is 5.75 Å². The van der Waals surface area contributed by atoms with Gasteiger partial charge in [-0.3, -0.25) is 4.98 Å². The van der Waals surface area contributed by atoms with Crippen molar-refractivity contribution in [3.63, 3.8) is 0 Å². The van der Waals surface area contributed by atoms with Gasteiger partial charge in [-0.25, -0.2) is 0 Å². The molecule has 0 unspecified atom stereocenters. The predicted molar refractivity (Wildman–Crippen MR) is 73.9 cm³/mol. The van der Waals surface area contributed by atoms with Crippen molar-refractivity contribution in [2.75, 3.05) is 11.9 Å². The first-order chi connectivity index (χ1) is 8.79. The third kappa shape index (κ3) is 3.23. The first kappa shape index (κ1) is 12.4. The van der Waals surface area contributed by atoms with Gasteiger partial charge in [-0.15, -0.1) is 0 Å². The Kier molecular flexibility index (Phi) is 4.18. The van der Waals surface area contributed by atoms with Crippen LogP contribution in [-0.2, 0) is 6.54 Å². The molecular weight excluding hydrogens is 224 g/mol. The van der Waals surface area contributed by atoms with Gasteiger partial charge in [0.15, 0.2) is 0 Å². The predicted octanol–water partition coefficient (Wildman–Crippen LogP) is 3.40. The first-order valence-electron chi connectivity index (χ1n) is 6.17. The molecule has 18 heavy (non-hydrogen) atoms. The first-order valence-corrected chi connectivity index (χ1v) is 6.17. The number of pyridine rings is 1. The Balaban J connectivity index is 2.03. The van der Waals surface area contributed by atoms with Crippen molar-refractivity contribution < 1.29 is 4.74 Å². The van der Waals surface area contributed by atoms with E-state index in [0.717, 1.165) is 29.2 Å². The van der Waals surface area contributed by atoms with Crippen molar-refractivity contribution in [1.29, 1.82) is 0 Å². The summed E-state index contributed by atoms with van der Waals surface area (Å²) >= 11 is 0. The third-order valence-corrected chi connectivity index (χ3v) is 2.67. The van der Waals surface area contributed by atoms with Crippen LogP contribution in [0.1, 0.15) is 18.2 Å². The zero-order valence-corrected chi connectivity index (χ0v) is 10.8. The quantitative estimate of drug-likeness (QED) is 0.872. The Morgan fingerprint density at radius 3 is 2.72 bits per heavy atom. The number of benzene rings is 1. The topological polar surface area (TPSA) is 34.1 Å². The van der Waals surface area contributed by atoms with E-state index in [1.54, 1.807) is 0 Å². The maximum Gasteiger partial charge on any atom is 0.124 e. The summed E-state index contributed by atoms with van der Waals surface area (Å²) in [6.07, 6.45) is 1.85. The number of aromatic nitrogens is 1. The highest BCUT2D eigenvalue weighted by Gasteiger charge is 2.02. The second-order valence-corrected chi connectivity index (χ2v) is 4.08. The smallest absolute Gasteiger partial charge is 0.124 e. The highest BCUT2D eigenvalue weighted by Crippen LogP contribution is 2.19. The van der Waals surface area contributed by atoms with Crippen LogP contribution in [0.3, 0.4) is 0 Å². The monoisotopic (exact) mass is 242 g/mol. The lowest BCUT2D eigenvalue weighted by Gasteiger charge is -2.11. The van der Waals surface area contributed by atoms with Crippen LogP contribution in [0, 0.1) is 6.92 Å². The van der Waals surface area contributed by atoms with Gasteiger partial charge in [-0.1, -0.05) is 18.2 Å². The molecule has 0 radical (unpaired) electrons. The van der Waals surface area contributed by atoms with Crippen LogP contribution in [0.25, 0.3) is 0 Å². The van der Waals surface area contributed by atoms with E-state index in [2.05, 4.69) is 16.4 Å². The summed E-state index contributed by atoms with van der Waals surface area (Å²) in [5, 5.41) is 3.34. The van der Waals surface area contributed by atoms with Crippen molar-refractivity contribution in [2.24, 2.45) is 0 Å². The maximum absolute atomic E-state index is 5.59. The Labute approximate surface area is 108 Å². The number of ether oxygens (including phenoxy) is 1. The van der Waals surface area contributed by atoms with Crippen LogP contribution in [0.4, 0.5) is 5.69 Å². The molecule has 0 amide bonds. The molecule has 0 fully saturated rings. The fraction of sp³-hybridized carbons (Fsp3) is 0.267. The molecule has 0 saturated carbocycles. The van der Waals surface area contributed by atoms with Crippen LogP contribution in [0.5, 0.6) is 5.75 Å². The standard InChI is InChI=1S/C15H18N2O/c1-3-18-15-7-5-4-6-13(15)10-17-14-9-8-12(2)16-11-14/h4-9,11,17H,3,10H2,1-2H3. The van der Waals surface area contributed by atoms with Gasteiger partial charge in [0.25, 0.3) is 0 Å². The average molecular weight is 242 g/mol. The van der Waals surface area contributed by atoms with Crippen molar-refractivity contribution in [2.45, 2.75) is 20.4 Å². The van der Waals surface area contributed by atoms with Gasteiger partial charge < -0.3 is 10.1 Å². The number of hydrogen-bond donors (Lipinski definition) is 1. The Morgan fingerprint density at radius 1 is 1.17 bits per heavy atom. The molecule has 3 heteroatoms. The van der Waals surface area contributed by atoms with Gasteiger partial charge >= 0.3 is 0 Å². The zero-order valence-electron chi connectivity index (χ0n) is 10.8. The van der Waals surface area contributed by atoms with E-state index in [4.69, 9.17) is 4.74 Å². The number of anilines is 1. The molecule has 1 N–H and O–H groups in total. The molecule has 0 aliphatic rings. The fourth-order valence-electron chi connectivity index (χ4n) is 1.72. The fourth-order valence-corrected chi connectivity index (χ4v) is 1.72. The van der Waals surface area contributed by atoms with Crippen LogP contribution >= 0.6 is 0 Å². The molecule has 1 heterocycles. The van der Waals surface area contributed by atoms with Gasteiger partial charge in [0, 0.05) is 17.8 Å². The van der Waals surface area contributed by atoms with E-state index in [0.29, 0.717) is 6.61 Å². The minimum atomic E-state index is 0.684. The Bertz CT molecular complexity index is 494. The second-order valence-electron chi connectivity index (χ2n) is 4.08.